The van der Waals surface area contributed by atoms with Gasteiger partial charge in [-0.2, -0.15) is 0 Å². The highest BCUT2D eigenvalue weighted by atomic mass is 79.9. The summed E-state index contributed by atoms with van der Waals surface area (Å²) < 4.78 is 18.2. The number of carbonyl (C=O) groups excluding carboxylic acids is 1. The Kier molecular flexibility index (Phi) is 5.64. The molecule has 2 heterocycles. The number of oxime groups is 2. The standard InChI is InChI=1S/C14H11BrFN7O4/c15-8-5-7(1-2-9(8)16)18-14(20-25)12-13(23-27-22-12)17-4-3-10-19-11(6-24)26-21-10/h1-2,5,25H,3-4H2,(H,17,23)(H,18,20)(H,19,21). The molecule has 1 aliphatic rings. The lowest BCUT2D eigenvalue weighted by molar-refractivity contribution is 0.241. The molecule has 1 aromatic heterocycles. The third kappa shape index (κ3) is 4.40. The summed E-state index contributed by atoms with van der Waals surface area (Å²) in [5.41, 5.74) is 0.545. The van der Waals surface area contributed by atoms with Crippen molar-refractivity contribution in [3.63, 3.8) is 0 Å². The van der Waals surface area contributed by atoms with E-state index in [1.54, 1.807) is 5.94 Å². The molecular weight excluding hydrogens is 429 g/mol. The van der Waals surface area contributed by atoms with Crippen molar-refractivity contribution in [3.8, 4) is 0 Å². The summed E-state index contributed by atoms with van der Waals surface area (Å²) >= 11 is 3.07. The van der Waals surface area contributed by atoms with Crippen LogP contribution in [-0.4, -0.2) is 39.7 Å². The van der Waals surface area contributed by atoms with Crippen molar-refractivity contribution in [3.05, 3.63) is 40.1 Å². The minimum atomic E-state index is -0.437. The minimum Gasteiger partial charge on any atom is -0.409 e. The average molecular weight is 440 g/mol. The monoisotopic (exact) mass is 439 g/mol. The molecule has 0 spiro atoms. The zero-order valence-electron chi connectivity index (χ0n) is 13.4. The van der Waals surface area contributed by atoms with E-state index in [0.29, 0.717) is 24.5 Å². The third-order valence-electron chi connectivity index (χ3n) is 3.25. The molecule has 0 saturated carbocycles. The fraction of sp³-hybridized carbons (Fsp3) is 0.143. The van der Waals surface area contributed by atoms with Crippen LogP contribution in [0.4, 0.5) is 15.9 Å². The molecule has 0 unspecified atom stereocenters. The molecule has 27 heavy (non-hydrogen) atoms. The summed E-state index contributed by atoms with van der Waals surface area (Å²) in [5.74, 6) is 1.54. The molecule has 0 aliphatic carbocycles. The Bertz CT molecular complexity index is 955. The van der Waals surface area contributed by atoms with Crippen molar-refractivity contribution in [1.82, 2.24) is 15.6 Å². The van der Waals surface area contributed by atoms with Crippen molar-refractivity contribution in [2.75, 3.05) is 17.2 Å². The first-order valence-electron chi connectivity index (χ1n) is 7.37. The molecule has 3 rings (SSSR count). The Balaban J connectivity index is 1.64. The molecule has 140 valence electrons. The number of amidine groups is 2. The Morgan fingerprint density at radius 2 is 2.30 bits per heavy atom. The van der Waals surface area contributed by atoms with Crippen LogP contribution in [0.25, 0.3) is 0 Å². The number of nitrogens with zero attached hydrogens (tertiary/aromatic N) is 4. The first-order chi connectivity index (χ1) is 13.1. The average Bonchev–Trinajstić information content (AvgIpc) is 3.32. The molecular formula is C14H11BrFN7O4. The van der Waals surface area contributed by atoms with Crippen molar-refractivity contribution in [2.45, 2.75) is 6.42 Å². The van der Waals surface area contributed by atoms with Crippen LogP contribution in [-0.2, 0) is 9.63 Å². The van der Waals surface area contributed by atoms with Gasteiger partial charge in [0.2, 0.25) is 11.7 Å². The highest BCUT2D eigenvalue weighted by Gasteiger charge is 2.19. The van der Waals surface area contributed by atoms with Gasteiger partial charge in [-0.05, 0) is 44.4 Å². The van der Waals surface area contributed by atoms with Gasteiger partial charge < -0.3 is 20.7 Å². The number of benzene rings is 1. The van der Waals surface area contributed by atoms with Gasteiger partial charge in [0.1, 0.15) is 5.82 Å². The van der Waals surface area contributed by atoms with Gasteiger partial charge in [0.25, 0.3) is 0 Å². The SMILES string of the molecule is O=C=C1NC(CCNc2nonc2C(=NO)Nc2ccc(F)c(Br)c2)=NO1. The van der Waals surface area contributed by atoms with E-state index in [9.17, 15) is 14.4 Å². The quantitative estimate of drug-likeness (QED) is 0.173. The van der Waals surface area contributed by atoms with Gasteiger partial charge in [-0.1, -0.05) is 10.3 Å². The highest BCUT2D eigenvalue weighted by molar-refractivity contribution is 9.10. The molecule has 13 heteroatoms. The van der Waals surface area contributed by atoms with Crippen LogP contribution in [0.5, 0.6) is 0 Å². The summed E-state index contributed by atoms with van der Waals surface area (Å²) in [6.45, 7) is 0.323. The molecule has 11 nitrogen and oxygen atoms in total. The smallest absolute Gasteiger partial charge is 0.313 e. The van der Waals surface area contributed by atoms with E-state index in [4.69, 9.17) is 0 Å². The Hall–Kier alpha value is -3.44. The number of aromatic nitrogens is 2. The maximum atomic E-state index is 13.3. The second-order valence-electron chi connectivity index (χ2n) is 5.03. The van der Waals surface area contributed by atoms with Crippen LogP contribution in [0.1, 0.15) is 12.1 Å². The molecule has 1 aliphatic heterocycles. The number of rotatable bonds is 6. The first kappa shape index (κ1) is 18.4. The molecule has 0 amide bonds. The van der Waals surface area contributed by atoms with Gasteiger partial charge in [0.05, 0.1) is 4.47 Å². The topological polar surface area (TPSA) is 146 Å². The number of hydrogen-bond acceptors (Lipinski definition) is 10. The van der Waals surface area contributed by atoms with E-state index in [0.717, 1.165) is 0 Å². The molecule has 0 bridgehead atoms. The zero-order chi connectivity index (χ0) is 19.2. The van der Waals surface area contributed by atoms with E-state index < -0.39 is 5.82 Å². The molecule has 0 fully saturated rings. The van der Waals surface area contributed by atoms with Crippen molar-refractivity contribution in [1.29, 1.82) is 0 Å². The summed E-state index contributed by atoms with van der Waals surface area (Å²) in [6, 6.07) is 4.15. The summed E-state index contributed by atoms with van der Waals surface area (Å²) in [4.78, 5) is 15.1. The number of halogens is 2. The van der Waals surface area contributed by atoms with Crippen LogP contribution in [0.2, 0.25) is 0 Å². The van der Waals surface area contributed by atoms with Gasteiger partial charge in [-0.3, -0.25) is 5.32 Å². The van der Waals surface area contributed by atoms with Crippen LogP contribution in [0, 0.1) is 5.82 Å². The highest BCUT2D eigenvalue weighted by Crippen LogP contribution is 2.21. The second kappa shape index (κ2) is 8.29. The van der Waals surface area contributed by atoms with E-state index in [1.807, 2.05) is 0 Å². The third-order valence-corrected chi connectivity index (χ3v) is 3.85. The Labute approximate surface area is 159 Å². The number of anilines is 2. The molecule has 1 aromatic carbocycles. The predicted octanol–water partition coefficient (Wildman–Crippen LogP) is 1.63. The van der Waals surface area contributed by atoms with E-state index >= 15 is 0 Å². The number of nitrogens with one attached hydrogen (secondary N) is 3. The largest absolute Gasteiger partial charge is 0.409 e. The molecule has 0 atom stereocenters. The maximum absolute atomic E-state index is 13.3. The summed E-state index contributed by atoms with van der Waals surface area (Å²) in [7, 11) is 0. The van der Waals surface area contributed by atoms with E-state index in [-0.39, 0.29) is 27.7 Å². The molecule has 0 radical (unpaired) electrons. The summed E-state index contributed by atoms with van der Waals surface area (Å²) in [6.07, 6.45) is 0.363. The lowest BCUT2D eigenvalue weighted by atomic mass is 10.3. The number of hydrogen-bond donors (Lipinski definition) is 4. The van der Waals surface area contributed by atoms with Gasteiger partial charge in [0, 0.05) is 18.7 Å². The van der Waals surface area contributed by atoms with Crippen LogP contribution in [0.15, 0.2) is 43.5 Å². The molecule has 0 saturated heterocycles. The van der Waals surface area contributed by atoms with Crippen molar-refractivity contribution in [2.24, 2.45) is 10.3 Å². The maximum Gasteiger partial charge on any atom is 0.313 e. The van der Waals surface area contributed by atoms with Gasteiger partial charge in [0.15, 0.2) is 17.5 Å². The minimum absolute atomic E-state index is 0.0666. The lowest BCUT2D eigenvalue weighted by Gasteiger charge is -2.08. The van der Waals surface area contributed by atoms with E-state index in [1.165, 1.54) is 18.2 Å². The second-order valence-corrected chi connectivity index (χ2v) is 5.88. The normalized spacial score (nSPS) is 13.5. The Morgan fingerprint density at radius 1 is 1.44 bits per heavy atom. The van der Waals surface area contributed by atoms with Crippen molar-refractivity contribution < 1.29 is 23.9 Å². The zero-order valence-corrected chi connectivity index (χ0v) is 14.9. The van der Waals surface area contributed by atoms with Crippen LogP contribution < -0.4 is 16.0 Å². The Morgan fingerprint density at radius 3 is 3.00 bits per heavy atom. The van der Waals surface area contributed by atoms with Crippen molar-refractivity contribution >= 4 is 45.0 Å². The molecule has 4 N–H and O–H groups in total. The first-order valence-corrected chi connectivity index (χ1v) is 8.17. The van der Waals surface area contributed by atoms with Gasteiger partial charge in [-0.25, -0.2) is 13.8 Å². The fourth-order valence-electron chi connectivity index (χ4n) is 2.03. The summed E-state index contributed by atoms with van der Waals surface area (Å²) in [5, 5.41) is 31.8. The fourth-order valence-corrected chi connectivity index (χ4v) is 2.41. The van der Waals surface area contributed by atoms with Gasteiger partial charge >= 0.3 is 5.88 Å². The van der Waals surface area contributed by atoms with Crippen LogP contribution in [0.3, 0.4) is 0 Å². The van der Waals surface area contributed by atoms with Gasteiger partial charge in [-0.15, -0.1) is 0 Å². The van der Waals surface area contributed by atoms with E-state index in [2.05, 4.69) is 62.0 Å². The predicted molar refractivity (Wildman–Crippen MR) is 94.3 cm³/mol. The lowest BCUT2D eigenvalue weighted by Crippen LogP contribution is -2.21. The van der Waals surface area contributed by atoms with Crippen LogP contribution >= 0.6 is 15.9 Å². The molecule has 2 aromatic rings.